The summed E-state index contributed by atoms with van der Waals surface area (Å²) >= 11 is 0. The minimum absolute atomic E-state index is 0.0177. The lowest BCUT2D eigenvalue weighted by Crippen LogP contribution is -2.39. The lowest BCUT2D eigenvalue weighted by atomic mass is 9.94. The zero-order valence-corrected chi connectivity index (χ0v) is 13.0. The number of allylic oxidation sites excluding steroid dienone is 2. The third kappa shape index (κ3) is 6.96. The number of nitrogens with one attached hydrogen (secondary N) is 2. The van der Waals surface area contributed by atoms with E-state index < -0.39 is 0 Å². The maximum Gasteiger partial charge on any atom is 0.314 e. The third-order valence-electron chi connectivity index (χ3n) is 4.22. The first kappa shape index (κ1) is 16.3. The van der Waals surface area contributed by atoms with Crippen molar-refractivity contribution in [3.8, 4) is 0 Å². The van der Waals surface area contributed by atoms with Crippen LogP contribution in [0, 0.1) is 5.92 Å². The Balaban J connectivity index is 1.42. The van der Waals surface area contributed by atoms with Crippen LogP contribution in [0.2, 0.25) is 0 Å². The molecule has 21 heavy (non-hydrogen) atoms. The van der Waals surface area contributed by atoms with E-state index in [4.69, 9.17) is 4.74 Å². The monoisotopic (exact) mass is 295 g/mol. The number of hydrogen-bond acceptors (Lipinski definition) is 3. The zero-order valence-electron chi connectivity index (χ0n) is 13.0. The topological polar surface area (TPSA) is 53.6 Å². The molecule has 0 aromatic heterocycles. The summed E-state index contributed by atoms with van der Waals surface area (Å²) in [5.74, 6) is 0.613. The SMILES string of the molecule is O=C(NCCCCN1CCOCC1)NCC1CC=CCC1. The molecule has 0 spiro atoms. The van der Waals surface area contributed by atoms with Gasteiger partial charge in [-0.15, -0.1) is 0 Å². The van der Waals surface area contributed by atoms with Crippen molar-refractivity contribution >= 4 is 6.03 Å². The molecule has 2 aliphatic rings. The lowest BCUT2D eigenvalue weighted by Gasteiger charge is -2.26. The molecule has 1 fully saturated rings. The molecule has 2 rings (SSSR count). The van der Waals surface area contributed by atoms with Crippen molar-refractivity contribution in [3.05, 3.63) is 12.2 Å². The van der Waals surface area contributed by atoms with Gasteiger partial charge in [-0.3, -0.25) is 4.90 Å². The van der Waals surface area contributed by atoms with Crippen LogP contribution in [0.3, 0.4) is 0 Å². The summed E-state index contributed by atoms with van der Waals surface area (Å²) in [6.45, 7) is 6.48. The molecule has 1 aliphatic heterocycles. The van der Waals surface area contributed by atoms with Gasteiger partial charge in [-0.05, 0) is 44.6 Å². The summed E-state index contributed by atoms with van der Waals surface area (Å²) in [4.78, 5) is 14.1. The Bertz CT molecular complexity index is 327. The molecule has 0 radical (unpaired) electrons. The van der Waals surface area contributed by atoms with Crippen molar-refractivity contribution in [2.75, 3.05) is 45.9 Å². The van der Waals surface area contributed by atoms with Gasteiger partial charge in [-0.25, -0.2) is 4.79 Å². The fourth-order valence-electron chi connectivity index (χ4n) is 2.83. The number of ether oxygens (including phenoxy) is 1. The van der Waals surface area contributed by atoms with E-state index in [0.717, 1.165) is 71.6 Å². The molecule has 2 N–H and O–H groups in total. The number of carbonyl (C=O) groups is 1. The standard InChI is InChI=1S/C16H29N3O2/c20-16(18-14-15-6-2-1-3-7-15)17-8-4-5-9-19-10-12-21-13-11-19/h1-2,15H,3-14H2,(H2,17,18,20). The van der Waals surface area contributed by atoms with Gasteiger partial charge < -0.3 is 15.4 Å². The number of unbranched alkanes of at least 4 members (excludes halogenated alkanes) is 1. The van der Waals surface area contributed by atoms with E-state index >= 15 is 0 Å². The molecule has 1 heterocycles. The van der Waals surface area contributed by atoms with Crippen LogP contribution in [-0.2, 0) is 4.74 Å². The van der Waals surface area contributed by atoms with Crippen LogP contribution in [0.1, 0.15) is 32.1 Å². The van der Waals surface area contributed by atoms with Crippen LogP contribution in [0.5, 0.6) is 0 Å². The highest BCUT2D eigenvalue weighted by Gasteiger charge is 2.11. The quantitative estimate of drug-likeness (QED) is 0.556. The number of morpholine rings is 1. The molecule has 0 saturated carbocycles. The van der Waals surface area contributed by atoms with E-state index in [-0.39, 0.29) is 6.03 Å². The van der Waals surface area contributed by atoms with Gasteiger partial charge in [-0.1, -0.05) is 12.2 Å². The maximum absolute atomic E-state index is 11.7. The molecule has 0 bridgehead atoms. The molecule has 1 unspecified atom stereocenters. The van der Waals surface area contributed by atoms with Crippen LogP contribution >= 0.6 is 0 Å². The van der Waals surface area contributed by atoms with Crippen molar-refractivity contribution in [3.63, 3.8) is 0 Å². The molecule has 0 aromatic rings. The first-order valence-electron chi connectivity index (χ1n) is 8.31. The predicted molar refractivity (Wildman–Crippen MR) is 84.4 cm³/mol. The van der Waals surface area contributed by atoms with E-state index in [1.54, 1.807) is 0 Å². The minimum Gasteiger partial charge on any atom is -0.379 e. The largest absolute Gasteiger partial charge is 0.379 e. The highest BCUT2D eigenvalue weighted by Crippen LogP contribution is 2.16. The van der Waals surface area contributed by atoms with Crippen LogP contribution in [-0.4, -0.2) is 56.9 Å². The van der Waals surface area contributed by atoms with Gasteiger partial charge in [0.15, 0.2) is 0 Å². The Morgan fingerprint density at radius 2 is 2.05 bits per heavy atom. The first-order valence-corrected chi connectivity index (χ1v) is 8.31. The molecule has 5 heteroatoms. The summed E-state index contributed by atoms with van der Waals surface area (Å²) in [6, 6.07) is -0.0177. The number of urea groups is 1. The second-order valence-corrected chi connectivity index (χ2v) is 5.95. The van der Waals surface area contributed by atoms with Gasteiger partial charge in [-0.2, -0.15) is 0 Å². The fraction of sp³-hybridized carbons (Fsp3) is 0.812. The van der Waals surface area contributed by atoms with Crippen LogP contribution in [0.15, 0.2) is 12.2 Å². The zero-order chi connectivity index (χ0) is 14.8. The number of rotatable bonds is 7. The van der Waals surface area contributed by atoms with Crippen molar-refractivity contribution < 1.29 is 9.53 Å². The molecule has 2 amide bonds. The first-order chi connectivity index (χ1) is 10.3. The highest BCUT2D eigenvalue weighted by molar-refractivity contribution is 5.73. The number of carbonyl (C=O) groups excluding carboxylic acids is 1. The van der Waals surface area contributed by atoms with Gasteiger partial charge in [0, 0.05) is 26.2 Å². The van der Waals surface area contributed by atoms with E-state index in [9.17, 15) is 4.79 Å². The van der Waals surface area contributed by atoms with Gasteiger partial charge in [0.25, 0.3) is 0 Å². The van der Waals surface area contributed by atoms with E-state index in [1.165, 1.54) is 6.42 Å². The molecular weight excluding hydrogens is 266 g/mol. The lowest BCUT2D eigenvalue weighted by molar-refractivity contribution is 0.0372. The Hall–Kier alpha value is -1.07. The normalized spacial score (nSPS) is 23.0. The maximum atomic E-state index is 11.7. The molecule has 1 saturated heterocycles. The van der Waals surface area contributed by atoms with Crippen LogP contribution in [0.25, 0.3) is 0 Å². The molecule has 1 aliphatic carbocycles. The summed E-state index contributed by atoms with van der Waals surface area (Å²) < 4.78 is 5.32. The number of amides is 2. The molecular formula is C16H29N3O2. The Kier molecular flexibility index (Phi) is 7.60. The molecule has 5 nitrogen and oxygen atoms in total. The van der Waals surface area contributed by atoms with E-state index in [0.29, 0.717) is 5.92 Å². The van der Waals surface area contributed by atoms with Crippen molar-refractivity contribution in [1.82, 2.24) is 15.5 Å². The average Bonchev–Trinajstić information content (AvgIpc) is 2.54. The highest BCUT2D eigenvalue weighted by atomic mass is 16.5. The molecule has 0 aromatic carbocycles. The number of hydrogen-bond donors (Lipinski definition) is 2. The van der Waals surface area contributed by atoms with Gasteiger partial charge in [0.05, 0.1) is 13.2 Å². The van der Waals surface area contributed by atoms with Crippen LogP contribution in [0.4, 0.5) is 4.79 Å². The fourth-order valence-corrected chi connectivity index (χ4v) is 2.83. The van der Waals surface area contributed by atoms with Crippen molar-refractivity contribution in [2.24, 2.45) is 5.92 Å². The Labute approximate surface area is 128 Å². The summed E-state index contributed by atoms with van der Waals surface area (Å²) in [6.07, 6.45) is 10.1. The van der Waals surface area contributed by atoms with Crippen molar-refractivity contribution in [1.29, 1.82) is 0 Å². The summed E-state index contributed by atoms with van der Waals surface area (Å²) in [5, 5.41) is 5.93. The minimum atomic E-state index is -0.0177. The molecule has 120 valence electrons. The van der Waals surface area contributed by atoms with Crippen molar-refractivity contribution in [2.45, 2.75) is 32.1 Å². The smallest absolute Gasteiger partial charge is 0.314 e. The Morgan fingerprint density at radius 1 is 1.19 bits per heavy atom. The Morgan fingerprint density at radius 3 is 2.81 bits per heavy atom. The van der Waals surface area contributed by atoms with Crippen LogP contribution < -0.4 is 10.6 Å². The summed E-state index contributed by atoms with van der Waals surface area (Å²) in [5.41, 5.74) is 0. The van der Waals surface area contributed by atoms with Gasteiger partial charge >= 0.3 is 6.03 Å². The summed E-state index contributed by atoms with van der Waals surface area (Å²) in [7, 11) is 0. The predicted octanol–water partition coefficient (Wildman–Crippen LogP) is 1.75. The molecule has 1 atom stereocenters. The second-order valence-electron chi connectivity index (χ2n) is 5.95. The van der Waals surface area contributed by atoms with E-state index in [1.807, 2.05) is 0 Å². The number of nitrogens with zero attached hydrogens (tertiary/aromatic N) is 1. The third-order valence-corrected chi connectivity index (χ3v) is 4.22. The van der Waals surface area contributed by atoms with Gasteiger partial charge in [0.2, 0.25) is 0 Å². The van der Waals surface area contributed by atoms with E-state index in [2.05, 4.69) is 27.7 Å². The average molecular weight is 295 g/mol. The van der Waals surface area contributed by atoms with Gasteiger partial charge in [0.1, 0.15) is 0 Å². The second kappa shape index (κ2) is 9.79.